The smallest absolute Gasteiger partial charge is 0.384 e. The zero-order valence-corrected chi connectivity index (χ0v) is 10.3. The van der Waals surface area contributed by atoms with E-state index in [0.717, 1.165) is 23.9 Å². The van der Waals surface area contributed by atoms with E-state index in [0.29, 0.717) is 12.4 Å². The summed E-state index contributed by atoms with van der Waals surface area (Å²) in [6, 6.07) is 1.77. The summed E-state index contributed by atoms with van der Waals surface area (Å²) in [5, 5.41) is -0.0330. The number of rotatable bonds is 5. The van der Waals surface area contributed by atoms with E-state index in [2.05, 4.69) is 4.98 Å². The van der Waals surface area contributed by atoms with Gasteiger partial charge in [0.15, 0.2) is 0 Å². The summed E-state index contributed by atoms with van der Waals surface area (Å²) in [5.41, 5.74) is 4.00. The number of halogens is 3. The molecule has 1 amide bonds. The van der Waals surface area contributed by atoms with Crippen LogP contribution in [-0.4, -0.2) is 30.4 Å². The predicted molar refractivity (Wildman–Crippen MR) is 60.4 cm³/mol. The number of nitrogens with zero attached hydrogens (tertiary/aromatic N) is 1. The maximum absolute atomic E-state index is 12.5. The Labute approximate surface area is 106 Å². The highest BCUT2D eigenvalue weighted by molar-refractivity contribution is 7.99. The van der Waals surface area contributed by atoms with E-state index in [1.165, 1.54) is 7.11 Å². The molecule has 4 nitrogen and oxygen atoms in total. The summed E-state index contributed by atoms with van der Waals surface area (Å²) in [6.07, 6.45) is -4.55. The number of carbonyl (C=O) groups is 1. The fourth-order valence-corrected chi connectivity index (χ4v) is 2.05. The summed E-state index contributed by atoms with van der Waals surface area (Å²) in [5.74, 6) is -0.429. The maximum atomic E-state index is 12.5. The Morgan fingerprint density at radius 1 is 1.50 bits per heavy atom. The molecule has 8 heteroatoms. The SMILES string of the molecule is COCCSc1nc(C(F)(F)F)ccc1C(N)=O. The van der Waals surface area contributed by atoms with Crippen LogP contribution in [0.5, 0.6) is 0 Å². The number of amides is 1. The second-order valence-corrected chi connectivity index (χ2v) is 4.34. The van der Waals surface area contributed by atoms with E-state index in [1.807, 2.05) is 0 Å². The van der Waals surface area contributed by atoms with Crippen LogP contribution in [-0.2, 0) is 10.9 Å². The third-order valence-electron chi connectivity index (χ3n) is 1.94. The first-order chi connectivity index (χ1) is 8.36. The van der Waals surface area contributed by atoms with Crippen LogP contribution in [0.4, 0.5) is 13.2 Å². The molecule has 0 saturated carbocycles. The minimum Gasteiger partial charge on any atom is -0.384 e. The van der Waals surface area contributed by atoms with E-state index in [9.17, 15) is 18.0 Å². The lowest BCUT2D eigenvalue weighted by Gasteiger charge is -2.10. The molecule has 0 aliphatic carbocycles. The van der Waals surface area contributed by atoms with E-state index in [4.69, 9.17) is 10.5 Å². The molecule has 0 unspecified atom stereocenters. The second-order valence-electron chi connectivity index (χ2n) is 3.25. The number of alkyl halides is 3. The average Bonchev–Trinajstić information content (AvgIpc) is 2.27. The van der Waals surface area contributed by atoms with Gasteiger partial charge in [-0.15, -0.1) is 11.8 Å². The lowest BCUT2D eigenvalue weighted by Crippen LogP contribution is -2.16. The topological polar surface area (TPSA) is 65.2 Å². The molecule has 0 bridgehead atoms. The van der Waals surface area contributed by atoms with Crippen molar-refractivity contribution in [1.82, 2.24) is 4.98 Å². The molecule has 1 aromatic heterocycles. The molecule has 0 atom stereocenters. The van der Waals surface area contributed by atoms with Crippen molar-refractivity contribution in [2.45, 2.75) is 11.2 Å². The van der Waals surface area contributed by atoms with E-state index in [-0.39, 0.29) is 10.6 Å². The number of pyridine rings is 1. The number of hydrogen-bond acceptors (Lipinski definition) is 4. The molecule has 0 aliphatic rings. The zero-order chi connectivity index (χ0) is 13.8. The molecule has 1 rings (SSSR count). The van der Waals surface area contributed by atoms with Gasteiger partial charge in [0, 0.05) is 12.9 Å². The van der Waals surface area contributed by atoms with Crippen molar-refractivity contribution in [3.63, 3.8) is 0 Å². The normalized spacial score (nSPS) is 11.6. The Morgan fingerprint density at radius 2 is 2.17 bits per heavy atom. The summed E-state index contributed by atoms with van der Waals surface area (Å²) >= 11 is 0.993. The van der Waals surface area contributed by atoms with Gasteiger partial charge in [-0.05, 0) is 12.1 Å². The van der Waals surface area contributed by atoms with Crippen molar-refractivity contribution in [1.29, 1.82) is 0 Å². The summed E-state index contributed by atoms with van der Waals surface area (Å²) < 4.78 is 42.2. The van der Waals surface area contributed by atoms with Crippen LogP contribution in [0.1, 0.15) is 16.1 Å². The fraction of sp³-hybridized carbons (Fsp3) is 0.400. The molecule has 100 valence electrons. The highest BCUT2D eigenvalue weighted by Gasteiger charge is 2.33. The van der Waals surface area contributed by atoms with Crippen LogP contribution in [0, 0.1) is 0 Å². The first-order valence-corrected chi connectivity index (χ1v) is 5.84. The Bertz CT molecular complexity index is 438. The number of methoxy groups -OCH3 is 1. The van der Waals surface area contributed by atoms with Crippen LogP contribution < -0.4 is 5.73 Å². The highest BCUT2D eigenvalue weighted by Crippen LogP contribution is 2.30. The number of hydrogen-bond donors (Lipinski definition) is 1. The van der Waals surface area contributed by atoms with Gasteiger partial charge in [-0.3, -0.25) is 4.79 Å². The molecule has 1 aromatic rings. The average molecular weight is 280 g/mol. The van der Waals surface area contributed by atoms with Gasteiger partial charge in [0.25, 0.3) is 5.91 Å². The number of primary amides is 1. The predicted octanol–water partition coefficient (Wildman–Crippen LogP) is 1.94. The Kier molecular flexibility index (Phi) is 4.97. The first-order valence-electron chi connectivity index (χ1n) is 4.86. The van der Waals surface area contributed by atoms with Gasteiger partial charge in [-0.2, -0.15) is 13.2 Å². The van der Waals surface area contributed by atoms with Crippen molar-refractivity contribution in [3.8, 4) is 0 Å². The van der Waals surface area contributed by atoms with Crippen molar-refractivity contribution >= 4 is 17.7 Å². The van der Waals surface area contributed by atoms with Crippen LogP contribution in [0.3, 0.4) is 0 Å². The van der Waals surface area contributed by atoms with E-state index < -0.39 is 17.8 Å². The lowest BCUT2D eigenvalue weighted by atomic mass is 10.2. The van der Waals surface area contributed by atoms with Gasteiger partial charge in [-0.1, -0.05) is 0 Å². The standard InChI is InChI=1S/C10H11F3N2O2S/c1-17-4-5-18-9-6(8(14)16)2-3-7(15-9)10(11,12)13/h2-3H,4-5H2,1H3,(H2,14,16). The fourth-order valence-electron chi connectivity index (χ4n) is 1.12. The third-order valence-corrected chi connectivity index (χ3v) is 2.90. The van der Waals surface area contributed by atoms with Crippen LogP contribution >= 0.6 is 11.8 Å². The Balaban J connectivity index is 3.04. The number of nitrogens with two attached hydrogens (primary N) is 1. The summed E-state index contributed by atoms with van der Waals surface area (Å²) in [4.78, 5) is 14.5. The number of ether oxygens (including phenoxy) is 1. The molecule has 0 fully saturated rings. The molecule has 0 saturated heterocycles. The van der Waals surface area contributed by atoms with Gasteiger partial charge in [0.1, 0.15) is 10.7 Å². The van der Waals surface area contributed by atoms with Gasteiger partial charge in [0.05, 0.1) is 12.2 Å². The van der Waals surface area contributed by atoms with Gasteiger partial charge in [-0.25, -0.2) is 4.98 Å². The van der Waals surface area contributed by atoms with Crippen molar-refractivity contribution < 1.29 is 22.7 Å². The largest absolute Gasteiger partial charge is 0.433 e. The van der Waals surface area contributed by atoms with Gasteiger partial charge < -0.3 is 10.5 Å². The molecule has 2 N–H and O–H groups in total. The molecule has 1 heterocycles. The molecular weight excluding hydrogens is 269 g/mol. The van der Waals surface area contributed by atoms with E-state index in [1.54, 1.807) is 0 Å². The van der Waals surface area contributed by atoms with Crippen molar-refractivity contribution in [2.75, 3.05) is 19.5 Å². The van der Waals surface area contributed by atoms with Crippen molar-refractivity contribution in [3.05, 3.63) is 23.4 Å². The minimum atomic E-state index is -4.55. The number of thioether (sulfide) groups is 1. The zero-order valence-electron chi connectivity index (χ0n) is 9.45. The Morgan fingerprint density at radius 3 is 2.67 bits per heavy atom. The molecule has 0 aliphatic heterocycles. The molecule has 18 heavy (non-hydrogen) atoms. The minimum absolute atomic E-state index is 0.0240. The van der Waals surface area contributed by atoms with Gasteiger partial charge >= 0.3 is 6.18 Å². The van der Waals surface area contributed by atoms with E-state index >= 15 is 0 Å². The summed E-state index contributed by atoms with van der Waals surface area (Å²) in [6.45, 7) is 0.334. The highest BCUT2D eigenvalue weighted by atomic mass is 32.2. The van der Waals surface area contributed by atoms with Crippen LogP contribution in [0.2, 0.25) is 0 Å². The number of aromatic nitrogens is 1. The molecule has 0 radical (unpaired) electrons. The monoisotopic (exact) mass is 280 g/mol. The molecule has 0 aromatic carbocycles. The number of carbonyl (C=O) groups excluding carboxylic acids is 1. The van der Waals surface area contributed by atoms with Gasteiger partial charge in [0.2, 0.25) is 0 Å². The quantitative estimate of drug-likeness (QED) is 0.661. The summed E-state index contributed by atoms with van der Waals surface area (Å²) in [7, 11) is 1.47. The molecule has 0 spiro atoms. The molecular formula is C10H11F3N2O2S. The van der Waals surface area contributed by atoms with Crippen LogP contribution in [0.15, 0.2) is 17.2 Å². The maximum Gasteiger partial charge on any atom is 0.433 e. The first kappa shape index (κ1) is 14.8. The van der Waals surface area contributed by atoms with Crippen molar-refractivity contribution in [2.24, 2.45) is 5.73 Å². The van der Waals surface area contributed by atoms with Crippen LogP contribution in [0.25, 0.3) is 0 Å². The third kappa shape index (κ3) is 3.88. The Hall–Kier alpha value is -1.28. The second kappa shape index (κ2) is 6.05. The lowest BCUT2D eigenvalue weighted by molar-refractivity contribution is -0.141.